The van der Waals surface area contributed by atoms with E-state index < -0.39 is 0 Å². The van der Waals surface area contributed by atoms with Gasteiger partial charge in [0.15, 0.2) is 0 Å². The molecule has 2 aromatic rings. The monoisotopic (exact) mass is 219 g/mol. The second-order valence-electron chi connectivity index (χ2n) is 3.43. The molecule has 1 aromatic heterocycles. The number of ether oxygens (including phenoxy) is 1. The van der Waals surface area contributed by atoms with Crippen LogP contribution in [0.3, 0.4) is 0 Å². The Bertz CT molecular complexity index is 476. The number of aryl methyl sites for hydroxylation is 2. The fourth-order valence-corrected chi connectivity index (χ4v) is 2.36. The molecule has 15 heavy (non-hydrogen) atoms. The Balaban J connectivity index is 2.57. The summed E-state index contributed by atoms with van der Waals surface area (Å²) in [4.78, 5) is 5.59. The number of methoxy groups -OCH3 is 1. The minimum Gasteiger partial charge on any atom is -0.496 e. The van der Waals surface area contributed by atoms with Crippen molar-refractivity contribution in [3.05, 3.63) is 34.8 Å². The Kier molecular flexibility index (Phi) is 2.73. The summed E-state index contributed by atoms with van der Waals surface area (Å²) in [6.45, 7) is 4.10. The third kappa shape index (κ3) is 1.88. The number of benzene rings is 1. The van der Waals surface area contributed by atoms with Crippen LogP contribution in [0.5, 0.6) is 5.75 Å². The number of para-hydroxylation sites is 1. The van der Waals surface area contributed by atoms with E-state index in [1.807, 2.05) is 31.3 Å². The zero-order valence-corrected chi connectivity index (χ0v) is 9.89. The van der Waals surface area contributed by atoms with Crippen LogP contribution in [-0.2, 0) is 0 Å². The maximum Gasteiger partial charge on any atom is 0.132 e. The highest BCUT2D eigenvalue weighted by Gasteiger charge is 2.10. The maximum absolute atomic E-state index is 5.41. The van der Waals surface area contributed by atoms with Gasteiger partial charge in [0.1, 0.15) is 10.8 Å². The lowest BCUT2D eigenvalue weighted by Crippen LogP contribution is -1.90. The Labute approximate surface area is 93.6 Å². The van der Waals surface area contributed by atoms with Crippen LogP contribution in [0.4, 0.5) is 0 Å². The van der Waals surface area contributed by atoms with Crippen LogP contribution >= 0.6 is 11.3 Å². The molecule has 2 rings (SSSR count). The van der Waals surface area contributed by atoms with Gasteiger partial charge in [0.05, 0.1) is 12.7 Å². The number of thiazole rings is 1. The van der Waals surface area contributed by atoms with E-state index in [-0.39, 0.29) is 0 Å². The van der Waals surface area contributed by atoms with Gasteiger partial charge in [0.25, 0.3) is 0 Å². The molecular weight excluding hydrogens is 206 g/mol. The van der Waals surface area contributed by atoms with E-state index in [0.717, 1.165) is 21.9 Å². The van der Waals surface area contributed by atoms with Crippen molar-refractivity contribution in [2.45, 2.75) is 13.8 Å². The molecule has 2 nitrogen and oxygen atoms in total. The molecule has 78 valence electrons. The van der Waals surface area contributed by atoms with Crippen LogP contribution in [0.15, 0.2) is 24.4 Å². The fraction of sp³-hybridized carbons (Fsp3) is 0.250. The molecule has 0 aliphatic rings. The van der Waals surface area contributed by atoms with Crippen molar-refractivity contribution < 1.29 is 4.74 Å². The molecule has 0 amide bonds. The van der Waals surface area contributed by atoms with Crippen LogP contribution in [0.25, 0.3) is 10.6 Å². The minimum atomic E-state index is 0.923. The maximum atomic E-state index is 5.41. The molecule has 0 saturated heterocycles. The molecule has 1 heterocycles. The van der Waals surface area contributed by atoms with E-state index in [1.54, 1.807) is 18.4 Å². The van der Waals surface area contributed by atoms with Crippen LogP contribution in [0.2, 0.25) is 0 Å². The van der Waals surface area contributed by atoms with E-state index >= 15 is 0 Å². The molecule has 0 spiro atoms. The van der Waals surface area contributed by atoms with Crippen molar-refractivity contribution in [2.75, 3.05) is 7.11 Å². The van der Waals surface area contributed by atoms with Gasteiger partial charge in [0, 0.05) is 11.1 Å². The van der Waals surface area contributed by atoms with Gasteiger partial charge in [-0.05, 0) is 25.5 Å². The molecule has 0 unspecified atom stereocenters. The van der Waals surface area contributed by atoms with Crippen molar-refractivity contribution >= 4 is 11.3 Å². The lowest BCUT2D eigenvalue weighted by molar-refractivity contribution is 0.413. The van der Waals surface area contributed by atoms with Gasteiger partial charge in [-0.2, -0.15) is 0 Å². The second-order valence-corrected chi connectivity index (χ2v) is 4.67. The molecule has 0 saturated carbocycles. The summed E-state index contributed by atoms with van der Waals surface area (Å²) in [6, 6.07) is 6.12. The third-order valence-electron chi connectivity index (χ3n) is 2.27. The zero-order chi connectivity index (χ0) is 10.8. The molecule has 0 bridgehead atoms. The predicted molar refractivity (Wildman–Crippen MR) is 63.6 cm³/mol. The molecule has 1 aromatic carbocycles. The van der Waals surface area contributed by atoms with Crippen molar-refractivity contribution in [3.63, 3.8) is 0 Å². The smallest absolute Gasteiger partial charge is 0.132 e. The van der Waals surface area contributed by atoms with Gasteiger partial charge < -0.3 is 4.74 Å². The SMILES string of the molecule is COc1c(C)cccc1-c1ncc(C)s1. The highest BCUT2D eigenvalue weighted by atomic mass is 32.1. The summed E-state index contributed by atoms with van der Waals surface area (Å²) in [5.41, 5.74) is 2.22. The van der Waals surface area contributed by atoms with E-state index in [4.69, 9.17) is 4.74 Å². The highest BCUT2D eigenvalue weighted by Crippen LogP contribution is 2.34. The van der Waals surface area contributed by atoms with Gasteiger partial charge in [0.2, 0.25) is 0 Å². The zero-order valence-electron chi connectivity index (χ0n) is 9.07. The average molecular weight is 219 g/mol. The van der Waals surface area contributed by atoms with Crippen molar-refractivity contribution in [1.82, 2.24) is 4.98 Å². The van der Waals surface area contributed by atoms with Crippen LogP contribution in [0, 0.1) is 13.8 Å². The Hall–Kier alpha value is -1.35. The lowest BCUT2D eigenvalue weighted by atomic mass is 10.1. The molecule has 0 N–H and O–H groups in total. The highest BCUT2D eigenvalue weighted by molar-refractivity contribution is 7.15. The number of hydrogen-bond donors (Lipinski definition) is 0. The molecular formula is C12H13NOS. The summed E-state index contributed by atoms with van der Waals surface area (Å²) in [5.74, 6) is 0.923. The standard InChI is InChI=1S/C12H13NOS/c1-8-5-4-6-10(11(8)14-3)12-13-7-9(2)15-12/h4-7H,1-3H3. The predicted octanol–water partition coefficient (Wildman–Crippen LogP) is 3.44. The van der Waals surface area contributed by atoms with Gasteiger partial charge in [-0.15, -0.1) is 11.3 Å². The molecule has 0 aliphatic heterocycles. The van der Waals surface area contributed by atoms with Gasteiger partial charge in [-0.25, -0.2) is 4.98 Å². The first-order valence-electron chi connectivity index (χ1n) is 4.79. The van der Waals surface area contributed by atoms with Gasteiger partial charge in [-0.1, -0.05) is 12.1 Å². The summed E-state index contributed by atoms with van der Waals surface area (Å²) in [5, 5.41) is 1.02. The molecule has 3 heteroatoms. The molecule has 0 aliphatic carbocycles. The summed E-state index contributed by atoms with van der Waals surface area (Å²) < 4.78 is 5.41. The minimum absolute atomic E-state index is 0.923. The first-order chi connectivity index (χ1) is 7.22. The average Bonchev–Trinajstić information content (AvgIpc) is 2.64. The number of rotatable bonds is 2. The van der Waals surface area contributed by atoms with Crippen molar-refractivity contribution in [2.24, 2.45) is 0 Å². The van der Waals surface area contributed by atoms with Crippen LogP contribution < -0.4 is 4.74 Å². The van der Waals surface area contributed by atoms with Crippen LogP contribution in [-0.4, -0.2) is 12.1 Å². The van der Waals surface area contributed by atoms with E-state index in [1.165, 1.54) is 4.88 Å². The van der Waals surface area contributed by atoms with Gasteiger partial charge in [-0.3, -0.25) is 0 Å². The molecule has 0 fully saturated rings. The second kappa shape index (κ2) is 4.03. The largest absolute Gasteiger partial charge is 0.496 e. The molecule has 0 atom stereocenters. The fourth-order valence-electron chi connectivity index (χ4n) is 1.57. The van der Waals surface area contributed by atoms with E-state index in [9.17, 15) is 0 Å². The topological polar surface area (TPSA) is 22.1 Å². The first-order valence-corrected chi connectivity index (χ1v) is 5.60. The normalized spacial score (nSPS) is 10.3. The third-order valence-corrected chi connectivity index (χ3v) is 3.21. The Morgan fingerprint density at radius 1 is 1.27 bits per heavy atom. The Morgan fingerprint density at radius 3 is 2.67 bits per heavy atom. The first kappa shape index (κ1) is 10.2. The van der Waals surface area contributed by atoms with Crippen molar-refractivity contribution in [3.8, 4) is 16.3 Å². The quantitative estimate of drug-likeness (QED) is 0.772. The number of nitrogens with zero attached hydrogens (tertiary/aromatic N) is 1. The molecule has 0 radical (unpaired) electrons. The van der Waals surface area contributed by atoms with Crippen LogP contribution in [0.1, 0.15) is 10.4 Å². The van der Waals surface area contributed by atoms with E-state index in [2.05, 4.69) is 11.9 Å². The summed E-state index contributed by atoms with van der Waals surface area (Å²) >= 11 is 1.69. The summed E-state index contributed by atoms with van der Waals surface area (Å²) in [6.07, 6.45) is 1.89. The Morgan fingerprint density at radius 2 is 2.07 bits per heavy atom. The van der Waals surface area contributed by atoms with Gasteiger partial charge >= 0.3 is 0 Å². The number of aromatic nitrogens is 1. The van der Waals surface area contributed by atoms with Crippen molar-refractivity contribution in [1.29, 1.82) is 0 Å². The van der Waals surface area contributed by atoms with E-state index in [0.29, 0.717) is 0 Å². The lowest BCUT2D eigenvalue weighted by Gasteiger charge is -2.08. The number of hydrogen-bond acceptors (Lipinski definition) is 3. The summed E-state index contributed by atoms with van der Waals surface area (Å²) in [7, 11) is 1.70.